The van der Waals surface area contributed by atoms with E-state index in [1.54, 1.807) is 18.2 Å². The van der Waals surface area contributed by atoms with Crippen molar-refractivity contribution in [1.29, 1.82) is 0 Å². The van der Waals surface area contributed by atoms with Crippen LogP contribution in [-0.4, -0.2) is 55.6 Å². The standard InChI is InChI=1S/C23H26N2O6/c1-3-10-25(14-21(26)24-18-7-5-4-6-16(18)2)22(27)15-31-23(28)17-8-9-19-20(13-17)30-12-11-29-19/h4-9,13H,3,10-12,14-15H2,1-2H3,(H,24,26). The number of fused-ring (bicyclic) bond motifs is 1. The molecule has 1 aliphatic rings. The zero-order valence-corrected chi connectivity index (χ0v) is 17.7. The van der Waals surface area contributed by atoms with Gasteiger partial charge in [0.25, 0.3) is 5.91 Å². The lowest BCUT2D eigenvalue weighted by Gasteiger charge is -2.22. The molecule has 0 unspecified atom stereocenters. The molecule has 0 saturated carbocycles. The van der Waals surface area contributed by atoms with Gasteiger partial charge in [-0.25, -0.2) is 4.79 Å². The van der Waals surface area contributed by atoms with Crippen LogP contribution < -0.4 is 14.8 Å². The minimum atomic E-state index is -0.647. The number of benzene rings is 2. The summed E-state index contributed by atoms with van der Waals surface area (Å²) in [5, 5.41) is 2.81. The Labute approximate surface area is 181 Å². The van der Waals surface area contributed by atoms with Gasteiger partial charge < -0.3 is 24.4 Å². The van der Waals surface area contributed by atoms with E-state index < -0.39 is 18.5 Å². The van der Waals surface area contributed by atoms with Crippen LogP contribution in [0.4, 0.5) is 5.69 Å². The quantitative estimate of drug-likeness (QED) is 0.653. The Balaban J connectivity index is 1.55. The summed E-state index contributed by atoms with van der Waals surface area (Å²) in [5.41, 5.74) is 1.88. The normalized spacial score (nSPS) is 12.1. The summed E-state index contributed by atoms with van der Waals surface area (Å²) in [7, 11) is 0. The molecule has 2 aromatic rings. The van der Waals surface area contributed by atoms with Crippen LogP contribution in [0.15, 0.2) is 42.5 Å². The van der Waals surface area contributed by atoms with Crippen LogP contribution in [0.3, 0.4) is 0 Å². The number of aryl methyl sites for hydroxylation is 1. The predicted molar refractivity (Wildman–Crippen MR) is 114 cm³/mol. The minimum Gasteiger partial charge on any atom is -0.486 e. The molecule has 1 N–H and O–H groups in total. The minimum absolute atomic E-state index is 0.122. The van der Waals surface area contributed by atoms with Gasteiger partial charge in [-0.15, -0.1) is 0 Å². The maximum absolute atomic E-state index is 12.6. The zero-order valence-electron chi connectivity index (χ0n) is 17.7. The third-order valence-corrected chi connectivity index (χ3v) is 4.70. The van der Waals surface area contributed by atoms with Crippen LogP contribution in [-0.2, 0) is 14.3 Å². The largest absolute Gasteiger partial charge is 0.486 e. The molecule has 164 valence electrons. The Kier molecular flexibility index (Phi) is 7.48. The van der Waals surface area contributed by atoms with E-state index in [1.165, 1.54) is 11.0 Å². The van der Waals surface area contributed by atoms with Crippen LogP contribution in [0.1, 0.15) is 29.3 Å². The number of nitrogens with one attached hydrogen (secondary N) is 1. The highest BCUT2D eigenvalue weighted by Crippen LogP contribution is 2.30. The number of rotatable bonds is 8. The van der Waals surface area contributed by atoms with Gasteiger partial charge in [0, 0.05) is 12.2 Å². The Hall–Kier alpha value is -3.55. The Morgan fingerprint density at radius 2 is 1.81 bits per heavy atom. The van der Waals surface area contributed by atoms with E-state index in [2.05, 4.69) is 5.32 Å². The number of nitrogens with zero attached hydrogens (tertiary/aromatic N) is 1. The van der Waals surface area contributed by atoms with Gasteiger partial charge in [0.15, 0.2) is 18.1 Å². The van der Waals surface area contributed by atoms with Gasteiger partial charge in [-0.1, -0.05) is 25.1 Å². The van der Waals surface area contributed by atoms with Crippen LogP contribution in [0, 0.1) is 6.92 Å². The lowest BCUT2D eigenvalue weighted by atomic mass is 10.2. The number of para-hydroxylation sites is 1. The van der Waals surface area contributed by atoms with Crippen molar-refractivity contribution < 1.29 is 28.6 Å². The highest BCUT2D eigenvalue weighted by atomic mass is 16.6. The summed E-state index contributed by atoms with van der Waals surface area (Å²) >= 11 is 0. The Bertz CT molecular complexity index is 959. The summed E-state index contributed by atoms with van der Waals surface area (Å²) in [4.78, 5) is 38.7. The van der Waals surface area contributed by atoms with E-state index in [1.807, 2.05) is 32.0 Å². The van der Waals surface area contributed by atoms with Gasteiger partial charge in [-0.05, 0) is 43.2 Å². The van der Waals surface area contributed by atoms with Crippen molar-refractivity contribution in [1.82, 2.24) is 4.90 Å². The average molecular weight is 426 g/mol. The first kappa shape index (κ1) is 22.1. The lowest BCUT2D eigenvalue weighted by molar-refractivity contribution is -0.137. The van der Waals surface area contributed by atoms with Crippen LogP contribution in [0.25, 0.3) is 0 Å². The summed E-state index contributed by atoms with van der Waals surface area (Å²) in [6, 6.07) is 12.1. The molecule has 0 radical (unpaired) electrons. The van der Waals surface area contributed by atoms with Gasteiger partial charge in [0.2, 0.25) is 5.91 Å². The van der Waals surface area contributed by atoms with Gasteiger partial charge in [0.1, 0.15) is 13.2 Å². The molecule has 0 spiro atoms. The third-order valence-electron chi connectivity index (χ3n) is 4.70. The van der Waals surface area contributed by atoms with Crippen molar-refractivity contribution in [2.45, 2.75) is 20.3 Å². The third kappa shape index (κ3) is 5.97. The number of hydrogen-bond acceptors (Lipinski definition) is 6. The van der Waals surface area contributed by atoms with E-state index in [-0.39, 0.29) is 18.0 Å². The van der Waals surface area contributed by atoms with Crippen molar-refractivity contribution >= 4 is 23.5 Å². The summed E-state index contributed by atoms with van der Waals surface area (Å²) in [6.07, 6.45) is 0.666. The van der Waals surface area contributed by atoms with E-state index in [0.717, 1.165) is 5.56 Å². The van der Waals surface area contributed by atoms with E-state index in [9.17, 15) is 14.4 Å². The fraction of sp³-hybridized carbons (Fsp3) is 0.348. The second-order valence-electron chi connectivity index (χ2n) is 7.11. The van der Waals surface area contributed by atoms with E-state index in [4.69, 9.17) is 14.2 Å². The van der Waals surface area contributed by atoms with Crippen molar-refractivity contribution in [3.63, 3.8) is 0 Å². The van der Waals surface area contributed by atoms with Gasteiger partial charge in [-0.2, -0.15) is 0 Å². The number of carbonyl (C=O) groups is 3. The summed E-state index contributed by atoms with van der Waals surface area (Å²) < 4.78 is 16.1. The first-order chi connectivity index (χ1) is 15.0. The number of hydrogen-bond donors (Lipinski definition) is 1. The highest BCUT2D eigenvalue weighted by molar-refractivity contribution is 5.96. The highest BCUT2D eigenvalue weighted by Gasteiger charge is 2.20. The maximum Gasteiger partial charge on any atom is 0.338 e. The van der Waals surface area contributed by atoms with Crippen molar-refractivity contribution in [3.8, 4) is 11.5 Å². The number of anilines is 1. The Morgan fingerprint density at radius 1 is 1.06 bits per heavy atom. The molecule has 0 saturated heterocycles. The molecule has 0 bridgehead atoms. The molecule has 2 amide bonds. The fourth-order valence-corrected chi connectivity index (χ4v) is 3.11. The molecular weight excluding hydrogens is 400 g/mol. The first-order valence-corrected chi connectivity index (χ1v) is 10.2. The van der Waals surface area contributed by atoms with Crippen molar-refractivity contribution in [2.75, 3.05) is 38.2 Å². The topological polar surface area (TPSA) is 94.2 Å². The molecule has 1 aliphatic heterocycles. The van der Waals surface area contributed by atoms with Crippen LogP contribution >= 0.6 is 0 Å². The molecule has 0 aromatic heterocycles. The summed E-state index contributed by atoms with van der Waals surface area (Å²) in [5.74, 6) is -0.367. The van der Waals surface area contributed by atoms with E-state index in [0.29, 0.717) is 43.4 Å². The SMILES string of the molecule is CCCN(CC(=O)Nc1ccccc1C)C(=O)COC(=O)c1ccc2c(c1)OCCO2. The Morgan fingerprint density at radius 3 is 2.55 bits per heavy atom. The average Bonchev–Trinajstić information content (AvgIpc) is 2.78. The number of amides is 2. The summed E-state index contributed by atoms with van der Waals surface area (Å²) in [6.45, 7) is 4.45. The molecule has 0 atom stereocenters. The lowest BCUT2D eigenvalue weighted by Crippen LogP contribution is -2.40. The molecule has 3 rings (SSSR count). The zero-order chi connectivity index (χ0) is 22.2. The number of esters is 1. The van der Waals surface area contributed by atoms with E-state index >= 15 is 0 Å². The predicted octanol–water partition coefficient (Wildman–Crippen LogP) is 2.80. The molecule has 1 heterocycles. The van der Waals surface area contributed by atoms with Crippen LogP contribution in [0.5, 0.6) is 11.5 Å². The van der Waals surface area contributed by atoms with Crippen molar-refractivity contribution in [3.05, 3.63) is 53.6 Å². The fourth-order valence-electron chi connectivity index (χ4n) is 3.11. The van der Waals surface area contributed by atoms with Crippen molar-refractivity contribution in [2.24, 2.45) is 0 Å². The second kappa shape index (κ2) is 10.5. The number of carbonyl (C=O) groups excluding carboxylic acids is 3. The van der Waals surface area contributed by atoms with Gasteiger partial charge in [-0.3, -0.25) is 9.59 Å². The van der Waals surface area contributed by atoms with Crippen LogP contribution in [0.2, 0.25) is 0 Å². The molecular formula is C23H26N2O6. The molecule has 0 aliphatic carbocycles. The first-order valence-electron chi connectivity index (χ1n) is 10.2. The monoisotopic (exact) mass is 426 g/mol. The van der Waals surface area contributed by atoms with Gasteiger partial charge in [0.05, 0.1) is 12.1 Å². The second-order valence-corrected chi connectivity index (χ2v) is 7.11. The molecule has 0 fully saturated rings. The van der Waals surface area contributed by atoms with Gasteiger partial charge >= 0.3 is 5.97 Å². The molecule has 8 nitrogen and oxygen atoms in total. The molecule has 2 aromatic carbocycles. The number of ether oxygens (including phenoxy) is 3. The smallest absolute Gasteiger partial charge is 0.338 e. The maximum atomic E-state index is 12.6. The molecule has 31 heavy (non-hydrogen) atoms. The molecule has 8 heteroatoms.